The Kier molecular flexibility index (Phi) is 5.03. The quantitative estimate of drug-likeness (QED) is 0.844. The second kappa shape index (κ2) is 7.20. The van der Waals surface area contributed by atoms with Crippen molar-refractivity contribution in [3.63, 3.8) is 0 Å². The number of carbonyl (C=O) groups is 1. The Hall–Kier alpha value is -2.10. The van der Waals surface area contributed by atoms with E-state index in [2.05, 4.69) is 16.0 Å². The molecule has 0 spiro atoms. The van der Waals surface area contributed by atoms with E-state index in [1.54, 1.807) is 0 Å². The van der Waals surface area contributed by atoms with Gasteiger partial charge in [0.2, 0.25) is 5.91 Å². The highest BCUT2D eigenvalue weighted by Gasteiger charge is 2.22. The molecular weight excluding hydrogens is 344 g/mol. The minimum Gasteiger partial charge on any atom is -0.368 e. The summed E-state index contributed by atoms with van der Waals surface area (Å²) in [6.07, 6.45) is 1.79. The first kappa shape index (κ1) is 16.7. The summed E-state index contributed by atoms with van der Waals surface area (Å²) in [5.74, 6) is 0.0702. The molecule has 1 aromatic carbocycles. The number of hydrogen-bond donors (Lipinski definition) is 0. The number of nitrogens with zero attached hydrogens (tertiary/aromatic N) is 4. The predicted octanol–water partition coefficient (Wildman–Crippen LogP) is 2.87. The van der Waals surface area contributed by atoms with E-state index in [4.69, 9.17) is 16.9 Å². The maximum absolute atomic E-state index is 12.4. The first-order valence-electron chi connectivity index (χ1n) is 7.70. The van der Waals surface area contributed by atoms with Gasteiger partial charge in [0.05, 0.1) is 12.6 Å². The normalized spacial score (nSPS) is 14.5. The van der Waals surface area contributed by atoms with Gasteiger partial charge >= 0.3 is 0 Å². The Balaban J connectivity index is 1.57. The molecule has 0 radical (unpaired) electrons. The molecule has 124 valence electrons. The number of piperazine rings is 1. The number of carbonyl (C=O) groups excluding carboxylic acids is 1. The van der Waals surface area contributed by atoms with Gasteiger partial charge in [0.15, 0.2) is 0 Å². The van der Waals surface area contributed by atoms with E-state index in [1.807, 2.05) is 30.0 Å². The van der Waals surface area contributed by atoms with Crippen molar-refractivity contribution >= 4 is 34.5 Å². The van der Waals surface area contributed by atoms with Gasteiger partial charge in [-0.3, -0.25) is 4.79 Å². The number of aromatic nitrogens is 1. The minimum atomic E-state index is 0.0702. The van der Waals surface area contributed by atoms with Gasteiger partial charge in [-0.15, -0.1) is 11.3 Å². The van der Waals surface area contributed by atoms with E-state index in [0.717, 1.165) is 29.4 Å². The summed E-state index contributed by atoms with van der Waals surface area (Å²) in [6, 6.07) is 8.07. The molecule has 0 N–H and O–H groups in total. The van der Waals surface area contributed by atoms with Crippen LogP contribution in [0.15, 0.2) is 24.4 Å². The van der Waals surface area contributed by atoms with Crippen molar-refractivity contribution in [1.29, 1.82) is 5.26 Å². The van der Waals surface area contributed by atoms with Crippen LogP contribution in [-0.4, -0.2) is 42.0 Å². The Bertz CT molecular complexity index is 790. The number of rotatable bonds is 3. The van der Waals surface area contributed by atoms with Crippen molar-refractivity contribution in [1.82, 2.24) is 9.88 Å². The molecule has 0 bridgehead atoms. The first-order valence-corrected chi connectivity index (χ1v) is 8.90. The maximum Gasteiger partial charge on any atom is 0.229 e. The number of amides is 1. The van der Waals surface area contributed by atoms with Crippen LogP contribution in [0, 0.1) is 18.3 Å². The molecule has 2 aromatic rings. The lowest BCUT2D eigenvalue weighted by Gasteiger charge is -2.36. The summed E-state index contributed by atoms with van der Waals surface area (Å²) in [4.78, 5) is 21.2. The number of halogens is 1. The zero-order valence-electron chi connectivity index (χ0n) is 13.3. The molecular formula is C17H17ClN4OS. The molecule has 0 saturated carbocycles. The summed E-state index contributed by atoms with van der Waals surface area (Å²) >= 11 is 7.36. The highest BCUT2D eigenvalue weighted by atomic mass is 35.5. The van der Waals surface area contributed by atoms with Crippen LogP contribution in [0.25, 0.3) is 0 Å². The standard InChI is InChI=1S/C17H17ClN4OS/c1-12-8-13(2-3-15(12)18)21-4-6-22(7-5-21)17(23)9-16-20-11-14(10-19)24-16/h2-3,8,11H,4-7,9H2,1H3. The van der Waals surface area contributed by atoms with Crippen molar-refractivity contribution in [2.75, 3.05) is 31.1 Å². The van der Waals surface area contributed by atoms with Crippen LogP contribution in [0.5, 0.6) is 0 Å². The Morgan fingerprint density at radius 1 is 1.38 bits per heavy atom. The largest absolute Gasteiger partial charge is 0.368 e. The molecule has 2 heterocycles. The van der Waals surface area contributed by atoms with Crippen LogP contribution in [0.4, 0.5) is 5.69 Å². The van der Waals surface area contributed by atoms with Crippen molar-refractivity contribution in [2.24, 2.45) is 0 Å². The van der Waals surface area contributed by atoms with Gasteiger partial charge in [-0.1, -0.05) is 11.6 Å². The molecule has 0 unspecified atom stereocenters. The minimum absolute atomic E-state index is 0.0702. The second-order valence-corrected chi connectivity index (χ2v) is 7.23. The van der Waals surface area contributed by atoms with E-state index in [0.29, 0.717) is 23.0 Å². The molecule has 24 heavy (non-hydrogen) atoms. The average molecular weight is 361 g/mol. The number of anilines is 1. The van der Waals surface area contributed by atoms with Gasteiger partial charge < -0.3 is 9.80 Å². The average Bonchev–Trinajstić information content (AvgIpc) is 3.05. The van der Waals surface area contributed by atoms with Crippen molar-refractivity contribution in [3.8, 4) is 6.07 Å². The Morgan fingerprint density at radius 3 is 2.75 bits per heavy atom. The molecule has 0 aliphatic carbocycles. The predicted molar refractivity (Wildman–Crippen MR) is 95.5 cm³/mol. The molecule has 1 aliphatic rings. The monoisotopic (exact) mass is 360 g/mol. The van der Waals surface area contributed by atoms with E-state index in [1.165, 1.54) is 17.5 Å². The smallest absolute Gasteiger partial charge is 0.229 e. The number of aryl methyl sites for hydroxylation is 1. The van der Waals surface area contributed by atoms with Crippen molar-refractivity contribution < 1.29 is 4.79 Å². The van der Waals surface area contributed by atoms with E-state index < -0.39 is 0 Å². The Labute approximate surface area is 150 Å². The number of hydrogen-bond acceptors (Lipinski definition) is 5. The molecule has 0 atom stereocenters. The first-order chi connectivity index (χ1) is 11.6. The molecule has 7 heteroatoms. The molecule has 1 fully saturated rings. The summed E-state index contributed by atoms with van der Waals surface area (Å²) in [5.41, 5.74) is 2.20. The molecule has 3 rings (SSSR count). The van der Waals surface area contributed by atoms with Gasteiger partial charge in [0.1, 0.15) is 16.0 Å². The van der Waals surface area contributed by atoms with Crippen LogP contribution < -0.4 is 4.90 Å². The topological polar surface area (TPSA) is 60.2 Å². The molecule has 1 saturated heterocycles. The van der Waals surface area contributed by atoms with Gasteiger partial charge in [-0.05, 0) is 30.7 Å². The number of benzene rings is 1. The molecule has 5 nitrogen and oxygen atoms in total. The lowest BCUT2D eigenvalue weighted by atomic mass is 10.2. The second-order valence-electron chi connectivity index (χ2n) is 5.71. The number of nitriles is 1. The lowest BCUT2D eigenvalue weighted by Crippen LogP contribution is -2.49. The summed E-state index contributed by atoms with van der Waals surface area (Å²) in [5, 5.41) is 10.3. The van der Waals surface area contributed by atoms with Crippen LogP contribution in [0.2, 0.25) is 5.02 Å². The fourth-order valence-corrected chi connectivity index (χ4v) is 3.55. The zero-order valence-corrected chi connectivity index (χ0v) is 14.9. The maximum atomic E-state index is 12.4. The third-order valence-corrected chi connectivity index (χ3v) is 5.43. The highest BCUT2D eigenvalue weighted by Crippen LogP contribution is 2.23. The fraction of sp³-hybridized carbons (Fsp3) is 0.353. The molecule has 1 aliphatic heterocycles. The van der Waals surface area contributed by atoms with Crippen LogP contribution in [-0.2, 0) is 11.2 Å². The van der Waals surface area contributed by atoms with Crippen molar-refractivity contribution in [2.45, 2.75) is 13.3 Å². The number of thiazole rings is 1. The van der Waals surface area contributed by atoms with E-state index in [-0.39, 0.29) is 12.3 Å². The van der Waals surface area contributed by atoms with Crippen LogP contribution in [0.3, 0.4) is 0 Å². The van der Waals surface area contributed by atoms with Crippen molar-refractivity contribution in [3.05, 3.63) is 44.9 Å². The summed E-state index contributed by atoms with van der Waals surface area (Å²) in [7, 11) is 0. The third kappa shape index (κ3) is 3.69. The SMILES string of the molecule is Cc1cc(N2CCN(C(=O)Cc3ncc(C#N)s3)CC2)ccc1Cl. The third-order valence-electron chi connectivity index (χ3n) is 4.11. The van der Waals surface area contributed by atoms with Gasteiger partial charge in [0, 0.05) is 36.9 Å². The highest BCUT2D eigenvalue weighted by molar-refractivity contribution is 7.12. The fourth-order valence-electron chi connectivity index (χ4n) is 2.72. The van der Waals surface area contributed by atoms with Gasteiger partial charge in [-0.2, -0.15) is 5.26 Å². The molecule has 1 aromatic heterocycles. The molecule has 1 amide bonds. The van der Waals surface area contributed by atoms with E-state index in [9.17, 15) is 4.79 Å². The van der Waals surface area contributed by atoms with Gasteiger partial charge in [-0.25, -0.2) is 4.98 Å². The zero-order chi connectivity index (χ0) is 17.1. The lowest BCUT2D eigenvalue weighted by molar-refractivity contribution is -0.130. The summed E-state index contributed by atoms with van der Waals surface area (Å²) < 4.78 is 0. The van der Waals surface area contributed by atoms with E-state index >= 15 is 0 Å². The Morgan fingerprint density at radius 2 is 2.12 bits per heavy atom. The summed E-state index contributed by atoms with van der Waals surface area (Å²) in [6.45, 7) is 4.98. The van der Waals surface area contributed by atoms with Crippen LogP contribution >= 0.6 is 22.9 Å². The van der Waals surface area contributed by atoms with Crippen LogP contribution in [0.1, 0.15) is 15.4 Å². The van der Waals surface area contributed by atoms with Gasteiger partial charge in [0.25, 0.3) is 0 Å².